The van der Waals surface area contributed by atoms with Crippen LogP contribution in [0.4, 0.5) is 0 Å². The van der Waals surface area contributed by atoms with Crippen molar-refractivity contribution < 1.29 is 9.47 Å². The number of aryl methyl sites for hydroxylation is 1. The maximum Gasteiger partial charge on any atom is 0.213 e. The largest absolute Gasteiger partial charge is 0.475 e. The van der Waals surface area contributed by atoms with Gasteiger partial charge in [-0.15, -0.1) is 0 Å². The van der Waals surface area contributed by atoms with Crippen LogP contribution in [0, 0.1) is 6.92 Å². The summed E-state index contributed by atoms with van der Waals surface area (Å²) >= 11 is 0. The molecule has 1 N–H and O–H groups in total. The lowest BCUT2D eigenvalue weighted by Crippen LogP contribution is -2.16. The van der Waals surface area contributed by atoms with Gasteiger partial charge in [-0.25, -0.2) is 4.98 Å². The second-order valence-corrected chi connectivity index (χ2v) is 5.32. The molecule has 1 aliphatic carbocycles. The van der Waals surface area contributed by atoms with E-state index >= 15 is 0 Å². The van der Waals surface area contributed by atoms with E-state index in [0.717, 1.165) is 18.3 Å². The molecule has 1 aromatic rings. The van der Waals surface area contributed by atoms with Gasteiger partial charge in [-0.3, -0.25) is 0 Å². The zero-order valence-electron chi connectivity index (χ0n) is 12.1. The van der Waals surface area contributed by atoms with Crippen LogP contribution in [0.3, 0.4) is 0 Å². The summed E-state index contributed by atoms with van der Waals surface area (Å²) in [4.78, 5) is 4.47. The minimum absolute atomic E-state index is 0.245. The van der Waals surface area contributed by atoms with Crippen LogP contribution in [0.5, 0.6) is 5.88 Å². The maximum absolute atomic E-state index is 5.57. The maximum atomic E-state index is 5.57. The highest BCUT2D eigenvalue weighted by atomic mass is 16.5. The highest BCUT2D eigenvalue weighted by molar-refractivity contribution is 5.25. The molecule has 0 amide bonds. The van der Waals surface area contributed by atoms with Gasteiger partial charge in [-0.2, -0.15) is 0 Å². The minimum Gasteiger partial charge on any atom is -0.475 e. The molecule has 1 fully saturated rings. The lowest BCUT2D eigenvalue weighted by Gasteiger charge is -2.11. The lowest BCUT2D eigenvalue weighted by atomic mass is 10.2. The van der Waals surface area contributed by atoms with Crippen molar-refractivity contribution in [2.24, 2.45) is 0 Å². The average molecular weight is 264 g/mol. The number of hydrogen-bond acceptors (Lipinski definition) is 4. The van der Waals surface area contributed by atoms with Gasteiger partial charge in [0, 0.05) is 24.3 Å². The molecule has 0 bridgehead atoms. The molecule has 0 unspecified atom stereocenters. The van der Waals surface area contributed by atoms with Gasteiger partial charge >= 0.3 is 0 Å². The number of hydrogen-bond donors (Lipinski definition) is 1. The standard InChI is InChI=1S/C15H24N2O2/c1-11(2)18-8-9-19-15-7-4-13(12(3)17-15)10-16-14-5-6-14/h4,7,11,14,16H,5-6,8-10H2,1-3H3. The number of nitrogens with zero attached hydrogens (tertiary/aromatic N) is 1. The quantitative estimate of drug-likeness (QED) is 0.732. The van der Waals surface area contributed by atoms with Gasteiger partial charge in [-0.05, 0) is 39.2 Å². The van der Waals surface area contributed by atoms with Crippen LogP contribution in [-0.2, 0) is 11.3 Å². The SMILES string of the molecule is Cc1nc(OCCOC(C)C)ccc1CNC1CC1. The molecular formula is C15H24N2O2. The molecule has 1 heterocycles. The van der Waals surface area contributed by atoms with E-state index in [9.17, 15) is 0 Å². The van der Waals surface area contributed by atoms with Gasteiger partial charge in [0.05, 0.1) is 12.7 Å². The van der Waals surface area contributed by atoms with Crippen LogP contribution in [-0.4, -0.2) is 30.3 Å². The second-order valence-electron chi connectivity index (χ2n) is 5.32. The Morgan fingerprint density at radius 1 is 1.32 bits per heavy atom. The van der Waals surface area contributed by atoms with Crippen LogP contribution in [0.2, 0.25) is 0 Å². The second kappa shape index (κ2) is 6.87. The molecule has 0 atom stereocenters. The first kappa shape index (κ1) is 14.3. The highest BCUT2D eigenvalue weighted by Crippen LogP contribution is 2.20. The summed E-state index contributed by atoms with van der Waals surface area (Å²) in [7, 11) is 0. The van der Waals surface area contributed by atoms with E-state index in [4.69, 9.17) is 9.47 Å². The normalized spacial score (nSPS) is 14.9. The Kier molecular flexibility index (Phi) is 5.16. The molecule has 0 radical (unpaired) electrons. The topological polar surface area (TPSA) is 43.4 Å². The molecule has 4 heteroatoms. The third-order valence-electron chi connectivity index (χ3n) is 3.11. The van der Waals surface area contributed by atoms with E-state index in [-0.39, 0.29) is 6.10 Å². The van der Waals surface area contributed by atoms with Gasteiger partial charge in [0.1, 0.15) is 6.61 Å². The predicted octanol–water partition coefficient (Wildman–Crippen LogP) is 2.45. The smallest absolute Gasteiger partial charge is 0.213 e. The Labute approximate surface area is 115 Å². The van der Waals surface area contributed by atoms with Crippen molar-refractivity contribution in [3.05, 3.63) is 23.4 Å². The van der Waals surface area contributed by atoms with Gasteiger partial charge in [-0.1, -0.05) is 6.07 Å². The highest BCUT2D eigenvalue weighted by Gasteiger charge is 2.20. The molecule has 1 saturated carbocycles. The van der Waals surface area contributed by atoms with Crippen molar-refractivity contribution in [2.45, 2.75) is 52.3 Å². The fourth-order valence-corrected chi connectivity index (χ4v) is 1.81. The molecule has 2 rings (SSSR count). The first-order chi connectivity index (χ1) is 9.15. The molecule has 0 spiro atoms. The van der Waals surface area contributed by atoms with E-state index < -0.39 is 0 Å². The van der Waals surface area contributed by atoms with E-state index in [0.29, 0.717) is 19.1 Å². The third kappa shape index (κ3) is 5.17. The summed E-state index contributed by atoms with van der Waals surface area (Å²) in [6.07, 6.45) is 2.86. The summed E-state index contributed by atoms with van der Waals surface area (Å²) in [5.74, 6) is 0.681. The van der Waals surface area contributed by atoms with Crippen molar-refractivity contribution in [1.82, 2.24) is 10.3 Å². The summed E-state index contributed by atoms with van der Waals surface area (Å²) < 4.78 is 11.0. The van der Waals surface area contributed by atoms with Crippen molar-refractivity contribution in [2.75, 3.05) is 13.2 Å². The Morgan fingerprint density at radius 3 is 2.74 bits per heavy atom. The lowest BCUT2D eigenvalue weighted by molar-refractivity contribution is 0.0542. The monoisotopic (exact) mass is 264 g/mol. The summed E-state index contributed by atoms with van der Waals surface area (Å²) in [6, 6.07) is 4.76. The fourth-order valence-electron chi connectivity index (χ4n) is 1.81. The Bertz CT molecular complexity index is 403. The molecule has 0 aliphatic heterocycles. The van der Waals surface area contributed by atoms with Crippen molar-refractivity contribution in [3.63, 3.8) is 0 Å². The van der Waals surface area contributed by atoms with Gasteiger partial charge in [0.25, 0.3) is 0 Å². The van der Waals surface area contributed by atoms with Crippen molar-refractivity contribution >= 4 is 0 Å². The Balaban J connectivity index is 1.76. The van der Waals surface area contributed by atoms with Crippen molar-refractivity contribution in [3.8, 4) is 5.88 Å². The van der Waals surface area contributed by atoms with Crippen LogP contribution in [0.15, 0.2) is 12.1 Å². The van der Waals surface area contributed by atoms with E-state index in [2.05, 4.69) is 16.4 Å². The zero-order chi connectivity index (χ0) is 13.7. The first-order valence-corrected chi connectivity index (χ1v) is 7.09. The Hall–Kier alpha value is -1.13. The number of rotatable bonds is 8. The number of nitrogens with one attached hydrogen (secondary N) is 1. The van der Waals surface area contributed by atoms with Gasteiger partial charge in [0.2, 0.25) is 5.88 Å². The summed E-state index contributed by atoms with van der Waals surface area (Å²) in [5, 5.41) is 3.50. The molecule has 106 valence electrons. The molecule has 1 aromatic heterocycles. The Morgan fingerprint density at radius 2 is 2.11 bits per heavy atom. The van der Waals surface area contributed by atoms with Crippen LogP contribution in [0.25, 0.3) is 0 Å². The van der Waals surface area contributed by atoms with E-state index in [1.54, 1.807) is 0 Å². The molecule has 4 nitrogen and oxygen atoms in total. The van der Waals surface area contributed by atoms with E-state index in [1.807, 2.05) is 26.8 Å². The molecule has 0 saturated heterocycles. The van der Waals surface area contributed by atoms with E-state index in [1.165, 1.54) is 18.4 Å². The first-order valence-electron chi connectivity index (χ1n) is 7.09. The molecule has 0 aromatic carbocycles. The number of pyridine rings is 1. The predicted molar refractivity (Wildman–Crippen MR) is 75.4 cm³/mol. The number of aromatic nitrogens is 1. The minimum atomic E-state index is 0.245. The fraction of sp³-hybridized carbons (Fsp3) is 0.667. The van der Waals surface area contributed by atoms with Crippen LogP contribution in [0.1, 0.15) is 37.9 Å². The van der Waals surface area contributed by atoms with Crippen LogP contribution >= 0.6 is 0 Å². The zero-order valence-corrected chi connectivity index (χ0v) is 12.1. The van der Waals surface area contributed by atoms with Gasteiger partial charge < -0.3 is 14.8 Å². The molecule has 19 heavy (non-hydrogen) atoms. The van der Waals surface area contributed by atoms with Crippen molar-refractivity contribution in [1.29, 1.82) is 0 Å². The van der Waals surface area contributed by atoms with Gasteiger partial charge in [0.15, 0.2) is 0 Å². The third-order valence-corrected chi connectivity index (χ3v) is 3.11. The number of ether oxygens (including phenoxy) is 2. The molecule has 1 aliphatic rings. The average Bonchev–Trinajstić information content (AvgIpc) is 3.17. The molecular weight excluding hydrogens is 240 g/mol. The summed E-state index contributed by atoms with van der Waals surface area (Å²) in [6.45, 7) is 8.11. The van der Waals surface area contributed by atoms with Crippen LogP contribution < -0.4 is 10.1 Å². The summed E-state index contributed by atoms with van der Waals surface area (Å²) in [5.41, 5.74) is 2.29.